The molecule has 0 unspecified atom stereocenters. The molecule has 1 saturated heterocycles. The van der Waals surface area contributed by atoms with Crippen LogP contribution in [0.15, 0.2) is 0 Å². The minimum Gasteiger partial charge on any atom is -0.367 e. The van der Waals surface area contributed by atoms with E-state index in [1.807, 2.05) is 0 Å². The third kappa shape index (κ3) is 5.37. The number of nitrogens with one attached hydrogen (secondary N) is 1. The highest BCUT2D eigenvalue weighted by Crippen LogP contribution is 2.19. The van der Waals surface area contributed by atoms with Crippen LogP contribution in [0, 0.1) is 0 Å². The Balaban J connectivity index is 1.85. The summed E-state index contributed by atoms with van der Waals surface area (Å²) >= 11 is 0. The van der Waals surface area contributed by atoms with Gasteiger partial charge in [0.1, 0.15) is 21.8 Å². The molecule has 120 valence electrons. The Morgan fingerprint density at radius 3 is 3.00 bits per heavy atom. The van der Waals surface area contributed by atoms with Crippen LogP contribution in [0.5, 0.6) is 0 Å². The zero-order valence-corrected chi connectivity index (χ0v) is 13.5. The Morgan fingerprint density at radius 2 is 2.29 bits per heavy atom. The molecule has 1 aromatic heterocycles. The quantitative estimate of drug-likeness (QED) is 0.791. The number of H-pyrrole nitrogens is 1. The van der Waals surface area contributed by atoms with Gasteiger partial charge in [0.2, 0.25) is 0 Å². The van der Waals surface area contributed by atoms with E-state index in [9.17, 15) is 8.42 Å². The molecule has 1 atom stereocenters. The summed E-state index contributed by atoms with van der Waals surface area (Å²) in [4.78, 5) is 6.68. The van der Waals surface area contributed by atoms with E-state index in [4.69, 9.17) is 4.74 Å². The van der Waals surface area contributed by atoms with Gasteiger partial charge in [0.25, 0.3) is 0 Å². The molecule has 0 saturated carbocycles. The van der Waals surface area contributed by atoms with Crippen LogP contribution in [0.2, 0.25) is 0 Å². The van der Waals surface area contributed by atoms with Crippen LogP contribution >= 0.6 is 0 Å². The number of nitrogens with zero attached hydrogens (tertiary/aromatic N) is 3. The predicted octanol–water partition coefficient (Wildman–Crippen LogP) is 0.565. The highest BCUT2D eigenvalue weighted by Gasteiger charge is 2.25. The molecule has 21 heavy (non-hydrogen) atoms. The molecule has 1 N–H and O–H groups in total. The minimum absolute atomic E-state index is 0.126. The Bertz CT molecular complexity index is 543. The number of ether oxygens (including phenoxy) is 1. The van der Waals surface area contributed by atoms with Gasteiger partial charge in [-0.05, 0) is 19.4 Å². The van der Waals surface area contributed by atoms with Crippen molar-refractivity contribution in [1.82, 2.24) is 20.1 Å². The third-order valence-corrected chi connectivity index (χ3v) is 4.49. The molecule has 8 heteroatoms. The van der Waals surface area contributed by atoms with Gasteiger partial charge in [0.05, 0.1) is 12.4 Å². The lowest BCUT2D eigenvalue weighted by molar-refractivity contribution is -0.0340. The van der Waals surface area contributed by atoms with Crippen LogP contribution in [0.3, 0.4) is 0 Å². The van der Waals surface area contributed by atoms with Crippen molar-refractivity contribution in [2.45, 2.75) is 32.3 Å². The Hall–Kier alpha value is -0.990. The number of aromatic nitrogens is 3. The summed E-state index contributed by atoms with van der Waals surface area (Å²) in [5, 5.41) is 7.17. The second-order valence-electron chi connectivity index (χ2n) is 5.53. The van der Waals surface area contributed by atoms with E-state index < -0.39 is 9.84 Å². The van der Waals surface area contributed by atoms with Gasteiger partial charge in [0.15, 0.2) is 5.82 Å². The molecular formula is C13H24N4O3S. The molecule has 1 fully saturated rings. The average molecular weight is 316 g/mol. The molecule has 0 aliphatic carbocycles. The van der Waals surface area contributed by atoms with E-state index in [0.29, 0.717) is 25.4 Å². The fraction of sp³-hybridized carbons (Fsp3) is 0.846. The summed E-state index contributed by atoms with van der Waals surface area (Å²) in [6.45, 7) is 5.03. The molecule has 2 rings (SSSR count). The molecular weight excluding hydrogens is 292 g/mol. The second kappa shape index (κ2) is 7.33. The first-order chi connectivity index (χ1) is 9.98. The number of hydrogen-bond acceptors (Lipinski definition) is 6. The molecule has 1 aliphatic heterocycles. The highest BCUT2D eigenvalue weighted by atomic mass is 32.2. The van der Waals surface area contributed by atoms with E-state index in [0.717, 1.165) is 31.8 Å². The van der Waals surface area contributed by atoms with Crippen molar-refractivity contribution in [1.29, 1.82) is 0 Å². The number of rotatable bonds is 7. The first kappa shape index (κ1) is 16.4. The Kier molecular flexibility index (Phi) is 5.72. The van der Waals surface area contributed by atoms with Gasteiger partial charge in [-0.25, -0.2) is 13.4 Å². The Morgan fingerprint density at radius 1 is 1.48 bits per heavy atom. The van der Waals surface area contributed by atoms with E-state index in [2.05, 4.69) is 27.0 Å². The second-order valence-corrected chi connectivity index (χ2v) is 7.79. The van der Waals surface area contributed by atoms with Crippen molar-refractivity contribution in [3.05, 3.63) is 11.6 Å². The lowest BCUT2D eigenvalue weighted by Crippen LogP contribution is -2.39. The van der Waals surface area contributed by atoms with E-state index in [1.54, 1.807) is 0 Å². The molecule has 0 bridgehead atoms. The fourth-order valence-electron chi connectivity index (χ4n) is 2.41. The molecule has 0 amide bonds. The van der Waals surface area contributed by atoms with E-state index >= 15 is 0 Å². The zero-order chi connectivity index (χ0) is 15.3. The molecule has 0 spiro atoms. The fourth-order valence-corrected chi connectivity index (χ4v) is 3.07. The van der Waals surface area contributed by atoms with Crippen molar-refractivity contribution < 1.29 is 13.2 Å². The van der Waals surface area contributed by atoms with Gasteiger partial charge in [-0.3, -0.25) is 10.00 Å². The molecule has 1 aliphatic rings. The van der Waals surface area contributed by atoms with Crippen molar-refractivity contribution in [3.63, 3.8) is 0 Å². The summed E-state index contributed by atoms with van der Waals surface area (Å²) in [5.74, 6) is 1.83. The summed E-state index contributed by atoms with van der Waals surface area (Å²) in [5.41, 5.74) is 0. The molecule has 0 radical (unpaired) electrons. The predicted molar refractivity (Wildman–Crippen MR) is 79.8 cm³/mol. The van der Waals surface area contributed by atoms with Crippen molar-refractivity contribution >= 4 is 9.84 Å². The van der Waals surface area contributed by atoms with Crippen molar-refractivity contribution in [2.75, 3.05) is 38.2 Å². The lowest BCUT2D eigenvalue weighted by atomic mass is 10.2. The van der Waals surface area contributed by atoms with Crippen LogP contribution in [-0.4, -0.2) is 66.7 Å². The number of morpholine rings is 1. The Labute approximate surface area is 126 Å². The topological polar surface area (TPSA) is 88.2 Å². The summed E-state index contributed by atoms with van der Waals surface area (Å²) in [6.07, 6.45) is 3.72. The van der Waals surface area contributed by atoms with Crippen molar-refractivity contribution in [2.24, 2.45) is 0 Å². The maximum absolute atomic E-state index is 11.2. The minimum atomic E-state index is -2.88. The molecule has 7 nitrogen and oxygen atoms in total. The van der Waals surface area contributed by atoms with Crippen molar-refractivity contribution in [3.8, 4) is 0 Å². The van der Waals surface area contributed by atoms with Crippen LogP contribution in [-0.2, 0) is 21.0 Å². The maximum Gasteiger partial charge on any atom is 0.180 e. The van der Waals surface area contributed by atoms with Gasteiger partial charge >= 0.3 is 0 Å². The third-order valence-electron chi connectivity index (χ3n) is 3.46. The van der Waals surface area contributed by atoms with Crippen LogP contribution in [0.1, 0.15) is 37.5 Å². The van der Waals surface area contributed by atoms with Gasteiger partial charge < -0.3 is 4.74 Å². The SMILES string of the molecule is CCCc1nc([C@H]2CN(CCCS(C)(=O)=O)CCO2)n[nH]1. The van der Waals surface area contributed by atoms with Gasteiger partial charge in [0, 0.05) is 25.8 Å². The zero-order valence-electron chi connectivity index (χ0n) is 12.7. The molecule has 2 heterocycles. The van der Waals surface area contributed by atoms with Crippen LogP contribution < -0.4 is 0 Å². The molecule has 0 aromatic carbocycles. The van der Waals surface area contributed by atoms with Gasteiger partial charge in [-0.2, -0.15) is 5.10 Å². The number of aryl methyl sites for hydroxylation is 1. The summed E-state index contributed by atoms with van der Waals surface area (Å²) < 4.78 is 28.0. The van der Waals surface area contributed by atoms with E-state index in [-0.39, 0.29) is 11.9 Å². The first-order valence-electron chi connectivity index (χ1n) is 7.41. The number of hydrogen-bond donors (Lipinski definition) is 1. The number of sulfone groups is 1. The average Bonchev–Trinajstić information content (AvgIpc) is 2.87. The summed E-state index contributed by atoms with van der Waals surface area (Å²) in [6, 6.07) is 0. The largest absolute Gasteiger partial charge is 0.367 e. The van der Waals surface area contributed by atoms with E-state index in [1.165, 1.54) is 6.26 Å². The number of aromatic amines is 1. The standard InChI is InChI=1S/C13H24N4O3S/c1-3-5-12-14-13(16-15-12)11-10-17(7-8-20-11)6-4-9-21(2,18)19/h11H,3-10H2,1-2H3,(H,14,15,16)/t11-/m1/s1. The monoisotopic (exact) mass is 316 g/mol. The van der Waals surface area contributed by atoms with Crippen LogP contribution in [0.4, 0.5) is 0 Å². The maximum atomic E-state index is 11.2. The normalized spacial score (nSPS) is 20.8. The smallest absolute Gasteiger partial charge is 0.180 e. The molecule has 1 aromatic rings. The highest BCUT2D eigenvalue weighted by molar-refractivity contribution is 7.90. The van der Waals surface area contributed by atoms with Crippen LogP contribution in [0.25, 0.3) is 0 Å². The van der Waals surface area contributed by atoms with Gasteiger partial charge in [-0.1, -0.05) is 6.92 Å². The first-order valence-corrected chi connectivity index (χ1v) is 9.47. The van der Waals surface area contributed by atoms with Gasteiger partial charge in [-0.15, -0.1) is 0 Å². The summed E-state index contributed by atoms with van der Waals surface area (Å²) in [7, 11) is -2.88. The lowest BCUT2D eigenvalue weighted by Gasteiger charge is -2.31.